The Morgan fingerprint density at radius 3 is 2.44 bits per heavy atom. The highest BCUT2D eigenvalue weighted by atomic mass is 32.2. The van der Waals surface area contributed by atoms with E-state index in [0.29, 0.717) is 36.0 Å². The fraction of sp³-hybridized carbons (Fsp3) is 0.364. The summed E-state index contributed by atoms with van der Waals surface area (Å²) >= 11 is 0. The molecule has 34 heavy (non-hydrogen) atoms. The van der Waals surface area contributed by atoms with Crippen molar-refractivity contribution in [1.29, 1.82) is 0 Å². The van der Waals surface area contributed by atoms with Crippen molar-refractivity contribution in [2.75, 3.05) is 46.5 Å². The van der Waals surface area contributed by atoms with Gasteiger partial charge in [0.25, 0.3) is 5.91 Å². The minimum Gasteiger partial charge on any atom is -0.493 e. The molecule has 182 valence electrons. The van der Waals surface area contributed by atoms with Gasteiger partial charge < -0.3 is 29.4 Å². The van der Waals surface area contributed by atoms with Crippen molar-refractivity contribution < 1.29 is 32.2 Å². The molecule has 0 unspecified atom stereocenters. The van der Waals surface area contributed by atoms with Crippen LogP contribution in [0.25, 0.3) is 6.08 Å². The van der Waals surface area contributed by atoms with Crippen LogP contribution < -0.4 is 19.9 Å². The smallest absolute Gasteiger partial charge is 0.265 e. The van der Waals surface area contributed by atoms with Crippen LogP contribution in [0, 0.1) is 0 Å². The number of fused-ring (bicyclic) bond motifs is 1. The second kappa shape index (κ2) is 9.39. The van der Waals surface area contributed by atoms with Crippen LogP contribution in [0.1, 0.15) is 16.1 Å². The fourth-order valence-corrected chi connectivity index (χ4v) is 5.37. The summed E-state index contributed by atoms with van der Waals surface area (Å²) in [6, 6.07) is 4.78. The molecule has 0 aliphatic carbocycles. The SMILES string of the molecule is COc1cc(/C=C/C(=O)N2CCN(S(=O)(=O)c3cc(C(N)=O)n(C)c3)CC2)cc2c1OCCO2. The Hall–Kier alpha value is -3.51. The zero-order valence-corrected chi connectivity index (χ0v) is 19.7. The lowest BCUT2D eigenvalue weighted by molar-refractivity contribution is -0.127. The van der Waals surface area contributed by atoms with Gasteiger partial charge in [-0.25, -0.2) is 8.42 Å². The molecule has 2 N–H and O–H groups in total. The number of carbonyl (C=O) groups is 2. The third-order valence-electron chi connectivity index (χ3n) is 5.69. The van der Waals surface area contributed by atoms with E-state index in [1.54, 1.807) is 30.2 Å². The van der Waals surface area contributed by atoms with Crippen molar-refractivity contribution in [3.05, 3.63) is 41.7 Å². The first kappa shape index (κ1) is 23.6. The quantitative estimate of drug-likeness (QED) is 0.581. The molecule has 2 amide bonds. The van der Waals surface area contributed by atoms with Crippen molar-refractivity contribution in [1.82, 2.24) is 13.8 Å². The summed E-state index contributed by atoms with van der Waals surface area (Å²) in [5.74, 6) is 0.666. The van der Waals surface area contributed by atoms with Crippen LogP contribution in [0.3, 0.4) is 0 Å². The maximum Gasteiger partial charge on any atom is 0.265 e. The van der Waals surface area contributed by atoms with Crippen LogP contribution in [-0.4, -0.2) is 80.5 Å². The average Bonchev–Trinajstić information content (AvgIpc) is 3.24. The Morgan fingerprint density at radius 1 is 1.09 bits per heavy atom. The van der Waals surface area contributed by atoms with Gasteiger partial charge in [0.1, 0.15) is 23.8 Å². The number of benzene rings is 1. The van der Waals surface area contributed by atoms with Crippen molar-refractivity contribution in [2.45, 2.75) is 4.90 Å². The number of primary amides is 1. The lowest BCUT2D eigenvalue weighted by Crippen LogP contribution is -2.50. The van der Waals surface area contributed by atoms with E-state index < -0.39 is 15.9 Å². The molecule has 0 bridgehead atoms. The highest BCUT2D eigenvalue weighted by Gasteiger charge is 2.31. The summed E-state index contributed by atoms with van der Waals surface area (Å²) in [6.45, 7) is 1.63. The Kier molecular flexibility index (Phi) is 6.53. The number of rotatable bonds is 6. The lowest BCUT2D eigenvalue weighted by Gasteiger charge is -2.33. The molecule has 1 aromatic heterocycles. The van der Waals surface area contributed by atoms with Crippen LogP contribution in [-0.2, 0) is 21.9 Å². The second-order valence-electron chi connectivity index (χ2n) is 7.85. The van der Waals surface area contributed by atoms with Gasteiger partial charge in [0.05, 0.1) is 7.11 Å². The number of hydrogen-bond acceptors (Lipinski definition) is 7. The number of amides is 2. The Labute approximate surface area is 197 Å². The fourth-order valence-electron chi connectivity index (χ4n) is 3.88. The van der Waals surface area contributed by atoms with Gasteiger partial charge in [0.15, 0.2) is 11.5 Å². The molecule has 11 nitrogen and oxygen atoms in total. The third-order valence-corrected chi connectivity index (χ3v) is 7.55. The first-order valence-corrected chi connectivity index (χ1v) is 12.1. The molecule has 2 aliphatic rings. The normalized spacial score (nSPS) is 16.6. The van der Waals surface area contributed by atoms with Crippen LogP contribution in [0.4, 0.5) is 0 Å². The van der Waals surface area contributed by atoms with Crippen molar-refractivity contribution in [3.63, 3.8) is 0 Å². The predicted octanol–water partition coefficient (Wildman–Crippen LogP) is 0.450. The van der Waals surface area contributed by atoms with Crippen LogP contribution in [0.15, 0.2) is 35.4 Å². The Bertz CT molecular complexity index is 1230. The van der Waals surface area contributed by atoms with Crippen molar-refractivity contribution >= 4 is 27.9 Å². The van der Waals surface area contributed by atoms with Gasteiger partial charge in [0.2, 0.25) is 21.7 Å². The summed E-state index contributed by atoms with van der Waals surface area (Å²) in [6.07, 6.45) is 4.45. The van der Waals surface area contributed by atoms with Gasteiger partial charge in [-0.15, -0.1) is 0 Å². The van der Waals surface area contributed by atoms with Gasteiger partial charge in [-0.1, -0.05) is 0 Å². The molecule has 2 aromatic rings. The molecule has 0 spiro atoms. The molecule has 0 atom stereocenters. The zero-order chi connectivity index (χ0) is 24.5. The van der Waals surface area contributed by atoms with Crippen molar-refractivity contribution in [2.24, 2.45) is 12.8 Å². The number of nitrogens with two attached hydrogens (primary N) is 1. The summed E-state index contributed by atoms with van der Waals surface area (Å²) in [5, 5.41) is 0. The predicted molar refractivity (Wildman–Crippen MR) is 122 cm³/mol. The van der Waals surface area contributed by atoms with Gasteiger partial charge in [-0.2, -0.15) is 4.31 Å². The van der Waals surface area contributed by atoms with Crippen LogP contribution in [0.5, 0.6) is 17.2 Å². The topological polar surface area (TPSA) is 133 Å². The van der Waals surface area contributed by atoms with E-state index in [1.165, 1.54) is 34.3 Å². The average molecular weight is 491 g/mol. The number of ether oxygens (including phenoxy) is 3. The van der Waals surface area contributed by atoms with Crippen LogP contribution >= 0.6 is 0 Å². The second-order valence-corrected chi connectivity index (χ2v) is 9.78. The monoisotopic (exact) mass is 490 g/mol. The van der Waals surface area contributed by atoms with Gasteiger partial charge in [0, 0.05) is 45.5 Å². The third kappa shape index (κ3) is 4.59. The van der Waals surface area contributed by atoms with E-state index in [-0.39, 0.29) is 42.7 Å². The largest absolute Gasteiger partial charge is 0.493 e. The summed E-state index contributed by atoms with van der Waals surface area (Å²) in [7, 11) is -0.722. The molecular formula is C22H26N4O7S. The summed E-state index contributed by atoms with van der Waals surface area (Å²) in [4.78, 5) is 25.7. The van der Waals surface area contributed by atoms with Crippen molar-refractivity contribution in [3.8, 4) is 17.2 Å². The number of aromatic nitrogens is 1. The standard InChI is InChI=1S/C22H26N4O7S/c1-24-14-16(13-17(24)22(23)28)34(29,30)26-7-5-25(6-8-26)20(27)4-3-15-11-18(31-2)21-19(12-15)32-9-10-33-21/h3-4,11-14H,5-10H2,1-2H3,(H2,23,28)/b4-3+. The van der Waals surface area contributed by atoms with Gasteiger partial charge in [-0.3, -0.25) is 9.59 Å². The summed E-state index contributed by atoms with van der Waals surface area (Å²) < 4.78 is 45.1. The van der Waals surface area contributed by atoms with E-state index in [9.17, 15) is 18.0 Å². The minimum atomic E-state index is -3.81. The molecule has 12 heteroatoms. The minimum absolute atomic E-state index is 0.00368. The number of hydrogen-bond donors (Lipinski definition) is 1. The molecule has 1 saturated heterocycles. The van der Waals surface area contributed by atoms with E-state index in [2.05, 4.69) is 0 Å². The van der Waals surface area contributed by atoms with Gasteiger partial charge >= 0.3 is 0 Å². The number of carbonyl (C=O) groups excluding carboxylic acids is 2. The van der Waals surface area contributed by atoms with E-state index in [0.717, 1.165) is 0 Å². The maximum atomic E-state index is 12.9. The molecule has 4 rings (SSSR count). The lowest BCUT2D eigenvalue weighted by atomic mass is 10.1. The Balaban J connectivity index is 1.41. The molecule has 1 aromatic carbocycles. The molecule has 1 fully saturated rings. The molecular weight excluding hydrogens is 464 g/mol. The first-order valence-electron chi connectivity index (χ1n) is 10.6. The first-order chi connectivity index (χ1) is 16.2. The van der Waals surface area contributed by atoms with Gasteiger partial charge in [-0.05, 0) is 29.8 Å². The molecule has 0 radical (unpaired) electrons. The van der Waals surface area contributed by atoms with E-state index in [4.69, 9.17) is 19.9 Å². The molecule has 3 heterocycles. The Morgan fingerprint density at radius 2 is 1.79 bits per heavy atom. The van der Waals surface area contributed by atoms with E-state index >= 15 is 0 Å². The number of piperazine rings is 1. The number of aryl methyl sites for hydroxylation is 1. The molecule has 0 saturated carbocycles. The van der Waals surface area contributed by atoms with E-state index in [1.807, 2.05) is 0 Å². The van der Waals surface area contributed by atoms with Crippen LogP contribution in [0.2, 0.25) is 0 Å². The number of nitrogens with zero attached hydrogens (tertiary/aromatic N) is 3. The number of sulfonamides is 1. The maximum absolute atomic E-state index is 12.9. The highest BCUT2D eigenvalue weighted by Crippen LogP contribution is 2.40. The summed E-state index contributed by atoms with van der Waals surface area (Å²) in [5.41, 5.74) is 6.10. The highest BCUT2D eigenvalue weighted by molar-refractivity contribution is 7.89. The number of methoxy groups -OCH3 is 1. The molecule has 2 aliphatic heterocycles. The zero-order valence-electron chi connectivity index (χ0n) is 18.9.